The van der Waals surface area contributed by atoms with Crippen LogP contribution in [0.15, 0.2) is 247 Å². The van der Waals surface area contributed by atoms with Crippen LogP contribution >= 0.6 is 0 Å². The first-order valence-electron chi connectivity index (χ1n) is 22.5. The van der Waals surface area contributed by atoms with E-state index in [-0.39, 0.29) is 0 Å². The highest BCUT2D eigenvalue weighted by Gasteiger charge is 2.27. The van der Waals surface area contributed by atoms with E-state index in [1.54, 1.807) is 0 Å². The van der Waals surface area contributed by atoms with E-state index in [0.29, 0.717) is 5.96 Å². The maximum absolute atomic E-state index is 5.58. The lowest BCUT2D eigenvalue weighted by atomic mass is 9.97. The van der Waals surface area contributed by atoms with E-state index in [0.717, 1.165) is 83.0 Å². The molecule has 2 aromatic heterocycles. The molecular weight excluding hydrogens is 803 g/mol. The van der Waals surface area contributed by atoms with Crippen LogP contribution in [0, 0.1) is 0 Å². The molecule has 0 saturated carbocycles. The third kappa shape index (κ3) is 6.24. The standard InChI is InChI=1S/C61H41N5/c1-4-16-40(17-5-1)43-28-31-45(32-29-43)59-62-60(48-33-30-42-20-10-11-23-46(42)38-48)64-61(63-59)66-55-27-15-13-25-50(55)52-36-35-51-49-24-12-14-26-54(49)65(57(51)58(52)66)56-37-34-47(41-18-6-2-7-19-41)39-53(56)44-21-8-3-9-22-44/h1-39,59H,(H,62,63,64). The average molecular weight is 844 g/mol. The van der Waals surface area contributed by atoms with Crippen molar-refractivity contribution in [1.82, 2.24) is 14.5 Å². The van der Waals surface area contributed by atoms with Crippen molar-refractivity contribution in [2.75, 3.05) is 0 Å². The van der Waals surface area contributed by atoms with Crippen LogP contribution in [0.1, 0.15) is 17.3 Å². The molecule has 1 aliphatic heterocycles. The fraction of sp³-hybridized carbons (Fsp3) is 0.0164. The van der Waals surface area contributed by atoms with E-state index in [2.05, 4.69) is 251 Å². The van der Waals surface area contributed by atoms with Crippen LogP contribution in [0.4, 0.5) is 0 Å². The molecule has 3 heterocycles. The molecule has 1 atom stereocenters. The zero-order valence-corrected chi connectivity index (χ0v) is 35.9. The van der Waals surface area contributed by atoms with Crippen molar-refractivity contribution >= 4 is 66.2 Å². The number of fused-ring (bicyclic) bond motifs is 8. The summed E-state index contributed by atoms with van der Waals surface area (Å²) in [7, 11) is 0. The molecule has 0 radical (unpaired) electrons. The van der Waals surface area contributed by atoms with Crippen molar-refractivity contribution in [3.63, 3.8) is 0 Å². The Balaban J connectivity index is 1.10. The van der Waals surface area contributed by atoms with Crippen molar-refractivity contribution in [2.24, 2.45) is 9.98 Å². The molecule has 12 aromatic rings. The molecule has 0 fully saturated rings. The zero-order valence-electron chi connectivity index (χ0n) is 35.9. The summed E-state index contributed by atoms with van der Waals surface area (Å²) in [6.45, 7) is 0. The maximum atomic E-state index is 5.58. The van der Waals surface area contributed by atoms with E-state index < -0.39 is 6.17 Å². The summed E-state index contributed by atoms with van der Waals surface area (Å²) in [4.78, 5) is 11.1. The lowest BCUT2D eigenvalue weighted by Gasteiger charge is -2.25. The first-order valence-corrected chi connectivity index (χ1v) is 22.5. The molecule has 13 rings (SSSR count). The highest BCUT2D eigenvalue weighted by atomic mass is 15.3. The van der Waals surface area contributed by atoms with Crippen molar-refractivity contribution in [2.45, 2.75) is 6.17 Å². The third-order valence-corrected chi connectivity index (χ3v) is 13.2. The second kappa shape index (κ2) is 15.5. The zero-order chi connectivity index (χ0) is 43.6. The molecule has 0 aliphatic carbocycles. The Bertz CT molecular complexity index is 3880. The van der Waals surface area contributed by atoms with Gasteiger partial charge in [0.15, 0.2) is 0 Å². The number of rotatable bonds is 6. The Morgan fingerprint density at radius 2 is 0.879 bits per heavy atom. The molecule has 1 N–H and O–H groups in total. The first kappa shape index (κ1) is 37.7. The third-order valence-electron chi connectivity index (χ3n) is 13.2. The van der Waals surface area contributed by atoms with Gasteiger partial charge in [0.1, 0.15) is 12.0 Å². The number of para-hydroxylation sites is 2. The quantitative estimate of drug-likeness (QED) is 0.178. The second-order valence-corrected chi connectivity index (χ2v) is 17.0. The number of hydrogen-bond acceptors (Lipinski definition) is 3. The molecule has 1 unspecified atom stereocenters. The maximum Gasteiger partial charge on any atom is 0.234 e. The lowest BCUT2D eigenvalue weighted by Crippen LogP contribution is -2.35. The highest BCUT2D eigenvalue weighted by molar-refractivity contribution is 6.27. The largest absolute Gasteiger partial charge is 0.344 e. The number of hydrogen-bond donors (Lipinski definition) is 1. The van der Waals surface area contributed by atoms with Gasteiger partial charge in [-0.2, -0.15) is 4.99 Å². The summed E-state index contributed by atoms with van der Waals surface area (Å²) in [5.74, 6) is 1.39. The molecule has 5 nitrogen and oxygen atoms in total. The number of amidine groups is 1. The van der Waals surface area contributed by atoms with E-state index in [4.69, 9.17) is 9.98 Å². The van der Waals surface area contributed by atoms with Crippen LogP contribution in [-0.2, 0) is 0 Å². The smallest absolute Gasteiger partial charge is 0.234 e. The number of benzene rings is 10. The van der Waals surface area contributed by atoms with Gasteiger partial charge in [0.2, 0.25) is 5.96 Å². The fourth-order valence-electron chi connectivity index (χ4n) is 10.0. The van der Waals surface area contributed by atoms with Gasteiger partial charge < -0.3 is 9.88 Å². The molecule has 0 spiro atoms. The Hall–Kier alpha value is -8.80. The lowest BCUT2D eigenvalue weighted by molar-refractivity contribution is 0.669. The summed E-state index contributed by atoms with van der Waals surface area (Å²) in [6.07, 6.45) is -0.416. The molecule has 10 aromatic carbocycles. The molecule has 1 aliphatic rings. The van der Waals surface area contributed by atoms with Gasteiger partial charge in [0.25, 0.3) is 0 Å². The van der Waals surface area contributed by atoms with Gasteiger partial charge in [-0.3, -0.25) is 4.57 Å². The summed E-state index contributed by atoms with van der Waals surface area (Å²) in [5, 5.41) is 10.7. The summed E-state index contributed by atoms with van der Waals surface area (Å²) >= 11 is 0. The molecule has 5 heteroatoms. The van der Waals surface area contributed by atoms with Crippen LogP contribution < -0.4 is 5.32 Å². The van der Waals surface area contributed by atoms with Crippen LogP contribution in [0.3, 0.4) is 0 Å². The van der Waals surface area contributed by atoms with E-state index in [1.165, 1.54) is 27.5 Å². The summed E-state index contributed by atoms with van der Waals surface area (Å²) < 4.78 is 4.80. The first-order chi connectivity index (χ1) is 32.7. The average Bonchev–Trinajstić information content (AvgIpc) is 3.92. The monoisotopic (exact) mass is 843 g/mol. The van der Waals surface area contributed by atoms with Crippen LogP contribution in [0.5, 0.6) is 0 Å². The Kier molecular flexibility index (Phi) is 8.84. The van der Waals surface area contributed by atoms with Gasteiger partial charge in [0, 0.05) is 32.7 Å². The normalized spacial score (nSPS) is 13.9. The number of aromatic nitrogens is 2. The molecule has 0 amide bonds. The molecule has 310 valence electrons. The SMILES string of the molecule is c1ccc(-c2ccc(C3N=C(n4c5ccccc5c5ccc6c7ccccc7n(-c7ccc(-c8ccccc8)cc7-c7ccccc7)c6c54)N=C(c4ccc5ccccc5c4)N3)cc2)cc1. The van der Waals surface area contributed by atoms with Crippen LogP contribution in [0.25, 0.3) is 93.5 Å². The minimum Gasteiger partial charge on any atom is -0.344 e. The Morgan fingerprint density at radius 1 is 0.364 bits per heavy atom. The topological polar surface area (TPSA) is 46.6 Å². The van der Waals surface area contributed by atoms with Crippen LogP contribution in [0.2, 0.25) is 0 Å². The number of nitrogens with zero attached hydrogens (tertiary/aromatic N) is 4. The number of aliphatic imine (C=N–C) groups is 2. The Labute approximate surface area is 381 Å². The van der Waals surface area contributed by atoms with E-state index in [9.17, 15) is 0 Å². The molecule has 0 saturated heterocycles. The van der Waals surface area contributed by atoms with Gasteiger partial charge in [0.05, 0.1) is 27.8 Å². The molecular formula is C61H41N5. The van der Waals surface area contributed by atoms with E-state index in [1.807, 2.05) is 0 Å². The van der Waals surface area contributed by atoms with Crippen molar-refractivity contribution < 1.29 is 0 Å². The predicted octanol–water partition coefficient (Wildman–Crippen LogP) is 15.0. The second-order valence-electron chi connectivity index (χ2n) is 17.0. The van der Waals surface area contributed by atoms with Gasteiger partial charge in [-0.1, -0.05) is 206 Å². The Morgan fingerprint density at radius 3 is 1.56 bits per heavy atom. The molecule has 0 bridgehead atoms. The fourth-order valence-corrected chi connectivity index (χ4v) is 10.0. The minimum atomic E-state index is -0.416. The van der Waals surface area contributed by atoms with Crippen LogP contribution in [-0.4, -0.2) is 20.9 Å². The number of nitrogens with one attached hydrogen (secondary N) is 1. The van der Waals surface area contributed by atoms with Gasteiger partial charge >= 0.3 is 0 Å². The van der Waals surface area contributed by atoms with E-state index >= 15 is 0 Å². The minimum absolute atomic E-state index is 0.416. The summed E-state index contributed by atoms with van der Waals surface area (Å²) in [6, 6.07) is 84.8. The predicted molar refractivity (Wildman–Crippen MR) is 276 cm³/mol. The van der Waals surface area contributed by atoms with Gasteiger partial charge in [-0.05, 0) is 74.5 Å². The van der Waals surface area contributed by atoms with Gasteiger partial charge in [-0.15, -0.1) is 0 Å². The van der Waals surface area contributed by atoms with Crippen molar-refractivity contribution in [3.05, 3.63) is 248 Å². The van der Waals surface area contributed by atoms with Gasteiger partial charge in [-0.25, -0.2) is 4.99 Å². The van der Waals surface area contributed by atoms with Crippen molar-refractivity contribution in [1.29, 1.82) is 0 Å². The van der Waals surface area contributed by atoms with Crippen molar-refractivity contribution in [3.8, 4) is 39.1 Å². The summed E-state index contributed by atoms with van der Waals surface area (Å²) in [5.41, 5.74) is 14.4. The highest BCUT2D eigenvalue weighted by Crippen LogP contribution is 2.43. The molecule has 66 heavy (non-hydrogen) atoms.